The molecular formula is C24H21F3N2O6S. The summed E-state index contributed by atoms with van der Waals surface area (Å²) in [4.78, 5) is 23.3. The Kier molecular flexibility index (Phi) is 8.20. The highest BCUT2D eigenvalue weighted by atomic mass is 32.2. The van der Waals surface area contributed by atoms with Gasteiger partial charge in [0, 0.05) is 5.56 Å². The third-order valence-electron chi connectivity index (χ3n) is 4.67. The molecule has 0 heterocycles. The lowest BCUT2D eigenvalue weighted by Crippen LogP contribution is -2.30. The number of nitrogens with one attached hydrogen (secondary N) is 2. The largest absolute Gasteiger partial charge is 0.465 e. The molecule has 0 saturated heterocycles. The van der Waals surface area contributed by atoms with E-state index in [2.05, 4.69) is 10.0 Å². The molecule has 0 atom stereocenters. The molecule has 0 bridgehead atoms. The van der Waals surface area contributed by atoms with Crippen molar-refractivity contribution in [3.8, 4) is 11.5 Å². The number of amides is 1. The van der Waals surface area contributed by atoms with E-state index in [1.807, 2.05) is 0 Å². The molecule has 0 fully saturated rings. The van der Waals surface area contributed by atoms with Crippen LogP contribution in [0.25, 0.3) is 0 Å². The van der Waals surface area contributed by atoms with Gasteiger partial charge in [-0.05, 0) is 67.6 Å². The van der Waals surface area contributed by atoms with E-state index in [9.17, 15) is 31.2 Å². The van der Waals surface area contributed by atoms with Gasteiger partial charge >= 0.3 is 12.1 Å². The van der Waals surface area contributed by atoms with Crippen LogP contribution < -0.4 is 14.8 Å². The first-order valence-electron chi connectivity index (χ1n) is 10.5. The highest BCUT2D eigenvalue weighted by molar-refractivity contribution is 7.92. The second kappa shape index (κ2) is 11.1. The van der Waals surface area contributed by atoms with Crippen molar-refractivity contribution >= 4 is 27.6 Å². The summed E-state index contributed by atoms with van der Waals surface area (Å²) >= 11 is 0. The molecule has 0 aliphatic carbocycles. The van der Waals surface area contributed by atoms with Crippen LogP contribution in [0.1, 0.15) is 22.8 Å². The second-order valence-corrected chi connectivity index (χ2v) is 8.92. The van der Waals surface area contributed by atoms with E-state index >= 15 is 0 Å². The smallest absolute Gasteiger partial charge is 0.416 e. The lowest BCUT2D eigenvalue weighted by Gasteiger charge is -2.14. The van der Waals surface area contributed by atoms with Crippen molar-refractivity contribution in [3.63, 3.8) is 0 Å². The molecular weight excluding hydrogens is 501 g/mol. The topological polar surface area (TPSA) is 111 Å². The zero-order chi connectivity index (χ0) is 26.3. The number of esters is 1. The Balaban J connectivity index is 1.72. The molecule has 0 aliphatic rings. The number of para-hydroxylation sites is 2. The zero-order valence-corrected chi connectivity index (χ0v) is 19.7. The number of hydrogen-bond acceptors (Lipinski definition) is 6. The first-order valence-corrected chi connectivity index (χ1v) is 12.0. The molecule has 0 aromatic heterocycles. The average Bonchev–Trinajstić information content (AvgIpc) is 2.84. The maximum absolute atomic E-state index is 12.9. The summed E-state index contributed by atoms with van der Waals surface area (Å²) in [6.07, 6.45) is -4.50. The number of benzene rings is 3. The van der Waals surface area contributed by atoms with E-state index in [0.29, 0.717) is 0 Å². The number of sulfonamides is 1. The number of carbonyl (C=O) groups is 2. The number of carbonyl (C=O) groups excluding carboxylic acids is 2. The van der Waals surface area contributed by atoms with Crippen molar-refractivity contribution in [1.82, 2.24) is 5.32 Å². The van der Waals surface area contributed by atoms with Gasteiger partial charge < -0.3 is 14.8 Å². The fourth-order valence-electron chi connectivity index (χ4n) is 2.93. The Bertz CT molecular complexity index is 1330. The van der Waals surface area contributed by atoms with E-state index in [-0.39, 0.29) is 40.8 Å². The molecule has 0 unspecified atom stereocenters. The van der Waals surface area contributed by atoms with Gasteiger partial charge in [-0.15, -0.1) is 0 Å². The van der Waals surface area contributed by atoms with Gasteiger partial charge in [-0.1, -0.05) is 12.1 Å². The van der Waals surface area contributed by atoms with Gasteiger partial charge in [0.25, 0.3) is 15.9 Å². The molecule has 1 amide bonds. The van der Waals surface area contributed by atoms with Crippen molar-refractivity contribution in [3.05, 3.63) is 83.9 Å². The van der Waals surface area contributed by atoms with E-state index in [4.69, 9.17) is 9.47 Å². The van der Waals surface area contributed by atoms with Crippen LogP contribution in [-0.4, -0.2) is 33.4 Å². The minimum absolute atomic E-state index is 0.0497. The zero-order valence-electron chi connectivity index (χ0n) is 18.8. The van der Waals surface area contributed by atoms with Crippen LogP contribution in [0.5, 0.6) is 11.5 Å². The predicted octanol–water partition coefficient (Wildman–Crippen LogP) is 4.59. The Morgan fingerprint density at radius 2 is 1.56 bits per heavy atom. The summed E-state index contributed by atoms with van der Waals surface area (Å²) in [5.74, 6) is -1.05. The molecule has 3 aromatic rings. The van der Waals surface area contributed by atoms with Crippen LogP contribution in [-0.2, 0) is 25.7 Å². The third-order valence-corrected chi connectivity index (χ3v) is 6.05. The van der Waals surface area contributed by atoms with Crippen LogP contribution in [0.4, 0.5) is 18.9 Å². The first kappa shape index (κ1) is 26.5. The average molecular weight is 523 g/mol. The Hall–Kier alpha value is -4.06. The van der Waals surface area contributed by atoms with Crippen LogP contribution >= 0.6 is 0 Å². The predicted molar refractivity (Wildman–Crippen MR) is 124 cm³/mol. The number of halogens is 3. The minimum Gasteiger partial charge on any atom is -0.465 e. The fraction of sp³-hybridized carbons (Fsp3) is 0.167. The van der Waals surface area contributed by atoms with Gasteiger partial charge in [-0.3, -0.25) is 14.3 Å². The minimum atomic E-state index is -4.50. The molecule has 0 spiro atoms. The van der Waals surface area contributed by atoms with Gasteiger partial charge in [-0.25, -0.2) is 8.42 Å². The van der Waals surface area contributed by atoms with Gasteiger partial charge in [-0.2, -0.15) is 13.2 Å². The van der Waals surface area contributed by atoms with Gasteiger partial charge in [0.1, 0.15) is 12.3 Å². The lowest BCUT2D eigenvalue weighted by atomic mass is 10.2. The Labute approximate surface area is 205 Å². The molecule has 2 N–H and O–H groups in total. The highest BCUT2D eigenvalue weighted by Crippen LogP contribution is 2.34. The van der Waals surface area contributed by atoms with E-state index in [0.717, 1.165) is 24.3 Å². The maximum atomic E-state index is 12.9. The number of rotatable bonds is 9. The van der Waals surface area contributed by atoms with Crippen molar-refractivity contribution in [2.24, 2.45) is 0 Å². The quantitative estimate of drug-likeness (QED) is 0.398. The molecule has 36 heavy (non-hydrogen) atoms. The van der Waals surface area contributed by atoms with E-state index in [1.54, 1.807) is 19.1 Å². The summed E-state index contributed by atoms with van der Waals surface area (Å²) < 4.78 is 76.7. The van der Waals surface area contributed by atoms with Crippen molar-refractivity contribution in [1.29, 1.82) is 0 Å². The molecule has 0 saturated carbocycles. The summed E-state index contributed by atoms with van der Waals surface area (Å²) in [6, 6.07) is 14.9. The maximum Gasteiger partial charge on any atom is 0.416 e. The van der Waals surface area contributed by atoms with Gasteiger partial charge in [0.05, 0.1) is 22.8 Å². The van der Waals surface area contributed by atoms with Crippen LogP contribution in [0.15, 0.2) is 77.7 Å². The molecule has 3 rings (SSSR count). The third kappa shape index (κ3) is 6.98. The van der Waals surface area contributed by atoms with Crippen molar-refractivity contribution in [2.45, 2.75) is 18.0 Å². The van der Waals surface area contributed by atoms with Crippen LogP contribution in [0, 0.1) is 0 Å². The first-order chi connectivity index (χ1) is 17.0. The van der Waals surface area contributed by atoms with Crippen molar-refractivity contribution in [2.75, 3.05) is 17.9 Å². The standard InChI is InChI=1S/C24H21F3N2O6S/c1-2-34-22(30)15-28-23(31)16-7-13-19(14-8-16)36(32,33)29-20-5-3-4-6-21(20)35-18-11-9-17(10-12-18)24(25,26)27/h3-14,29H,2,15H2,1H3,(H,28,31). The Morgan fingerprint density at radius 1 is 0.917 bits per heavy atom. The number of ether oxygens (including phenoxy) is 2. The summed E-state index contributed by atoms with van der Waals surface area (Å²) in [5.41, 5.74) is -0.667. The second-order valence-electron chi connectivity index (χ2n) is 7.24. The summed E-state index contributed by atoms with van der Waals surface area (Å²) in [5, 5.41) is 2.37. The monoisotopic (exact) mass is 522 g/mol. The highest BCUT2D eigenvalue weighted by Gasteiger charge is 2.30. The number of anilines is 1. The molecule has 8 nitrogen and oxygen atoms in total. The van der Waals surface area contributed by atoms with Gasteiger partial charge in [0.2, 0.25) is 0 Å². The van der Waals surface area contributed by atoms with E-state index < -0.39 is 33.6 Å². The summed E-state index contributed by atoms with van der Waals surface area (Å²) in [6.45, 7) is 1.48. The molecule has 12 heteroatoms. The molecule has 0 radical (unpaired) electrons. The van der Waals surface area contributed by atoms with Crippen LogP contribution in [0.3, 0.4) is 0 Å². The van der Waals surface area contributed by atoms with Crippen molar-refractivity contribution < 1.29 is 40.7 Å². The molecule has 190 valence electrons. The van der Waals surface area contributed by atoms with Gasteiger partial charge in [0.15, 0.2) is 5.75 Å². The lowest BCUT2D eigenvalue weighted by molar-refractivity contribution is -0.142. The number of hydrogen-bond donors (Lipinski definition) is 2. The Morgan fingerprint density at radius 3 is 2.17 bits per heavy atom. The SMILES string of the molecule is CCOC(=O)CNC(=O)c1ccc(S(=O)(=O)Nc2ccccc2Oc2ccc(C(F)(F)F)cc2)cc1. The summed E-state index contributed by atoms with van der Waals surface area (Å²) in [7, 11) is -4.11. The number of alkyl halides is 3. The normalized spacial score (nSPS) is 11.4. The molecule has 0 aliphatic heterocycles. The molecule has 3 aromatic carbocycles. The van der Waals surface area contributed by atoms with Crippen LogP contribution in [0.2, 0.25) is 0 Å². The van der Waals surface area contributed by atoms with E-state index in [1.165, 1.54) is 36.4 Å². The fourth-order valence-corrected chi connectivity index (χ4v) is 4.00.